The number of hydrogen-bond acceptors (Lipinski definition) is 4. The summed E-state index contributed by atoms with van der Waals surface area (Å²) in [5.41, 5.74) is 4.38. The maximum atomic E-state index is 12.5. The first-order chi connectivity index (χ1) is 11.6. The largest absolute Gasteiger partial charge is 0.462 e. The van der Waals surface area contributed by atoms with Crippen molar-refractivity contribution in [2.45, 2.75) is 27.2 Å². The molecular formula is C19H19NO3S. The molecule has 0 spiro atoms. The molecule has 1 aromatic carbocycles. The van der Waals surface area contributed by atoms with Crippen molar-refractivity contribution in [3.63, 3.8) is 0 Å². The minimum absolute atomic E-state index is 0.198. The molecule has 1 aliphatic carbocycles. The van der Waals surface area contributed by atoms with E-state index in [-0.39, 0.29) is 11.9 Å². The number of anilines is 1. The lowest BCUT2D eigenvalue weighted by atomic mass is 10.1. The monoisotopic (exact) mass is 341 g/mol. The van der Waals surface area contributed by atoms with Gasteiger partial charge in [0, 0.05) is 16.9 Å². The van der Waals surface area contributed by atoms with Gasteiger partial charge < -0.3 is 10.1 Å². The number of hydrogen-bond donors (Lipinski definition) is 1. The Morgan fingerprint density at radius 2 is 2.08 bits per heavy atom. The summed E-state index contributed by atoms with van der Waals surface area (Å²) in [6, 6.07) is 8.10. The van der Waals surface area contributed by atoms with Crippen molar-refractivity contribution < 1.29 is 14.3 Å². The van der Waals surface area contributed by atoms with E-state index in [2.05, 4.69) is 17.4 Å². The number of allylic oxidation sites excluding steroid dienone is 1. The predicted octanol–water partition coefficient (Wildman–Crippen LogP) is 4.40. The van der Waals surface area contributed by atoms with Crippen LogP contribution in [0.4, 0.5) is 5.00 Å². The Morgan fingerprint density at radius 1 is 1.33 bits per heavy atom. The molecule has 1 amide bonds. The lowest BCUT2D eigenvalue weighted by Gasteiger charge is -2.08. The van der Waals surface area contributed by atoms with Gasteiger partial charge in [0.25, 0.3) is 5.91 Å². The Balaban J connectivity index is 2.07. The number of amides is 1. The summed E-state index contributed by atoms with van der Waals surface area (Å²) in [7, 11) is 0. The maximum absolute atomic E-state index is 12.5. The third-order valence-electron chi connectivity index (χ3n) is 4.13. The van der Waals surface area contributed by atoms with Crippen LogP contribution in [0.1, 0.15) is 42.3 Å². The molecule has 0 aliphatic heterocycles. The first kappa shape index (κ1) is 16.5. The number of fused-ring (bicyclic) bond motifs is 3. The highest BCUT2D eigenvalue weighted by Crippen LogP contribution is 2.47. The fraction of sp³-hybridized carbons (Fsp3) is 0.263. The van der Waals surface area contributed by atoms with E-state index in [9.17, 15) is 9.59 Å². The third-order valence-corrected chi connectivity index (χ3v) is 5.31. The van der Waals surface area contributed by atoms with Gasteiger partial charge in [-0.15, -0.1) is 11.3 Å². The summed E-state index contributed by atoms with van der Waals surface area (Å²) in [5, 5.41) is 3.44. The molecule has 0 radical (unpaired) electrons. The molecule has 2 aromatic rings. The zero-order valence-corrected chi connectivity index (χ0v) is 14.8. The average Bonchev–Trinajstić information content (AvgIpc) is 3.09. The van der Waals surface area contributed by atoms with E-state index in [0.29, 0.717) is 29.2 Å². The maximum Gasteiger partial charge on any atom is 0.341 e. The van der Waals surface area contributed by atoms with E-state index < -0.39 is 0 Å². The number of rotatable bonds is 4. The Morgan fingerprint density at radius 3 is 2.79 bits per heavy atom. The summed E-state index contributed by atoms with van der Waals surface area (Å²) in [6.45, 7) is 5.64. The van der Waals surface area contributed by atoms with Gasteiger partial charge in [-0.25, -0.2) is 4.79 Å². The molecule has 4 nitrogen and oxygen atoms in total. The van der Waals surface area contributed by atoms with Crippen LogP contribution in [0.2, 0.25) is 0 Å². The second-order valence-corrected chi connectivity index (χ2v) is 6.61. The van der Waals surface area contributed by atoms with Crippen LogP contribution in [0.5, 0.6) is 0 Å². The van der Waals surface area contributed by atoms with E-state index in [0.717, 1.165) is 16.0 Å². The number of nitrogens with one attached hydrogen (secondary N) is 1. The summed E-state index contributed by atoms with van der Waals surface area (Å²) >= 11 is 1.44. The van der Waals surface area contributed by atoms with Crippen LogP contribution in [0, 0.1) is 0 Å². The van der Waals surface area contributed by atoms with Crippen LogP contribution in [0.25, 0.3) is 10.4 Å². The van der Waals surface area contributed by atoms with Crippen LogP contribution in [-0.2, 0) is 16.0 Å². The van der Waals surface area contributed by atoms with Crippen molar-refractivity contribution in [3.8, 4) is 10.4 Å². The van der Waals surface area contributed by atoms with E-state index in [4.69, 9.17) is 4.74 Å². The lowest BCUT2D eigenvalue weighted by Crippen LogP contribution is -2.15. The molecule has 124 valence electrons. The summed E-state index contributed by atoms with van der Waals surface area (Å²) < 4.78 is 5.22. The molecule has 0 fully saturated rings. The van der Waals surface area contributed by atoms with E-state index >= 15 is 0 Å². The molecule has 0 bridgehead atoms. The molecule has 0 saturated carbocycles. The fourth-order valence-corrected chi connectivity index (χ4v) is 4.04. The van der Waals surface area contributed by atoms with Crippen molar-refractivity contribution in [1.29, 1.82) is 0 Å². The molecule has 1 heterocycles. The molecule has 5 heteroatoms. The molecule has 1 aliphatic rings. The average molecular weight is 341 g/mol. The van der Waals surface area contributed by atoms with Gasteiger partial charge in [-0.3, -0.25) is 4.79 Å². The summed E-state index contributed by atoms with van der Waals surface area (Å²) in [4.78, 5) is 25.7. The zero-order chi connectivity index (χ0) is 17.3. The second-order valence-electron chi connectivity index (χ2n) is 5.59. The molecule has 24 heavy (non-hydrogen) atoms. The Bertz CT molecular complexity index is 848. The second kappa shape index (κ2) is 6.61. The minimum Gasteiger partial charge on any atom is -0.462 e. The number of benzene rings is 1. The standard InChI is InChI=1S/C19H19NO3S/c1-4-11(3)17(21)20-18-15(19(22)23-5-2)14-10-12-8-6-7-9-13(12)16(14)24-18/h4,6-9H,5,10H2,1-3H3,(H,20,21)/b11-4+. The lowest BCUT2D eigenvalue weighted by molar-refractivity contribution is -0.112. The van der Waals surface area contributed by atoms with Gasteiger partial charge in [0.1, 0.15) is 5.00 Å². The van der Waals surface area contributed by atoms with E-state index in [1.807, 2.05) is 19.1 Å². The molecule has 0 atom stereocenters. The highest BCUT2D eigenvalue weighted by Gasteiger charge is 2.31. The summed E-state index contributed by atoms with van der Waals surface area (Å²) in [6.07, 6.45) is 2.44. The highest BCUT2D eigenvalue weighted by molar-refractivity contribution is 7.20. The van der Waals surface area contributed by atoms with Crippen molar-refractivity contribution >= 4 is 28.2 Å². The van der Waals surface area contributed by atoms with Gasteiger partial charge in [-0.1, -0.05) is 30.3 Å². The van der Waals surface area contributed by atoms with Crippen molar-refractivity contribution in [1.82, 2.24) is 0 Å². The number of ether oxygens (including phenoxy) is 1. The number of esters is 1. The number of carbonyl (C=O) groups excluding carboxylic acids is 2. The van der Waals surface area contributed by atoms with Crippen LogP contribution in [-0.4, -0.2) is 18.5 Å². The quantitative estimate of drug-likeness (QED) is 0.565. The van der Waals surface area contributed by atoms with Crippen LogP contribution in [0.15, 0.2) is 35.9 Å². The molecule has 1 aromatic heterocycles. The van der Waals surface area contributed by atoms with Crippen molar-refractivity contribution in [2.75, 3.05) is 11.9 Å². The van der Waals surface area contributed by atoms with Crippen LogP contribution in [0.3, 0.4) is 0 Å². The Hall–Kier alpha value is -2.40. The SMILES string of the molecule is C/C=C(\C)C(=O)Nc1sc2c(c1C(=O)OCC)Cc1ccccc1-2. The normalized spacial score (nSPS) is 12.5. The Labute approximate surface area is 145 Å². The smallest absolute Gasteiger partial charge is 0.341 e. The number of thiophene rings is 1. The van der Waals surface area contributed by atoms with Gasteiger partial charge >= 0.3 is 5.97 Å². The first-order valence-corrected chi connectivity index (χ1v) is 8.73. The highest BCUT2D eigenvalue weighted by atomic mass is 32.1. The Kier molecular flexibility index (Phi) is 4.53. The first-order valence-electron chi connectivity index (χ1n) is 7.92. The summed E-state index contributed by atoms with van der Waals surface area (Å²) in [5.74, 6) is -0.576. The van der Waals surface area contributed by atoms with E-state index in [1.165, 1.54) is 16.9 Å². The van der Waals surface area contributed by atoms with Gasteiger partial charge in [0.15, 0.2) is 0 Å². The van der Waals surface area contributed by atoms with E-state index in [1.54, 1.807) is 19.9 Å². The molecule has 3 rings (SSSR count). The topological polar surface area (TPSA) is 55.4 Å². The van der Waals surface area contributed by atoms with Gasteiger partial charge in [0.2, 0.25) is 0 Å². The van der Waals surface area contributed by atoms with Crippen LogP contribution >= 0.6 is 11.3 Å². The van der Waals surface area contributed by atoms with Gasteiger partial charge in [0.05, 0.1) is 12.2 Å². The molecule has 1 N–H and O–H groups in total. The predicted molar refractivity (Wildman–Crippen MR) is 96.6 cm³/mol. The number of carbonyl (C=O) groups is 2. The van der Waals surface area contributed by atoms with Gasteiger partial charge in [-0.05, 0) is 37.5 Å². The van der Waals surface area contributed by atoms with Crippen molar-refractivity contribution in [2.24, 2.45) is 0 Å². The van der Waals surface area contributed by atoms with Crippen molar-refractivity contribution in [3.05, 3.63) is 52.6 Å². The molecular weight excluding hydrogens is 322 g/mol. The minimum atomic E-state index is -0.378. The third kappa shape index (κ3) is 2.76. The zero-order valence-electron chi connectivity index (χ0n) is 13.9. The molecule has 0 unspecified atom stereocenters. The molecule has 0 saturated heterocycles. The van der Waals surface area contributed by atoms with Gasteiger partial charge in [-0.2, -0.15) is 0 Å². The van der Waals surface area contributed by atoms with Crippen LogP contribution < -0.4 is 5.32 Å². The fourth-order valence-electron chi connectivity index (χ4n) is 2.78.